The van der Waals surface area contributed by atoms with E-state index < -0.39 is 0 Å². The predicted octanol–water partition coefficient (Wildman–Crippen LogP) is 17.5. The number of hydrogen-bond acceptors (Lipinski definition) is 1. The Labute approximate surface area is 375 Å². The zero-order valence-corrected chi connectivity index (χ0v) is 37.1. The number of nitrogens with zero attached hydrogens (tertiary/aromatic N) is 1. The van der Waals surface area contributed by atoms with E-state index in [1.54, 1.807) is 0 Å². The summed E-state index contributed by atoms with van der Waals surface area (Å²) in [6.07, 6.45) is 0. The smallest absolute Gasteiger partial charge is 0.0462 e. The number of fused-ring (bicyclic) bond motifs is 10. The van der Waals surface area contributed by atoms with Gasteiger partial charge < -0.3 is 4.90 Å². The second-order valence-electron chi connectivity index (χ2n) is 18.9. The molecule has 11 aromatic rings. The van der Waals surface area contributed by atoms with Gasteiger partial charge in [0.15, 0.2) is 0 Å². The number of hydrogen-bond donors (Lipinski definition) is 0. The summed E-state index contributed by atoms with van der Waals surface area (Å²) in [5, 5.41) is 13.0. The van der Waals surface area contributed by atoms with Gasteiger partial charge >= 0.3 is 0 Å². The summed E-state index contributed by atoms with van der Waals surface area (Å²) in [6, 6.07) is 77.1. The molecule has 0 atom stereocenters. The third-order valence-electron chi connectivity index (χ3n) is 14.5. The molecule has 11 aromatic carbocycles. The molecule has 0 N–H and O–H groups in total. The minimum absolute atomic E-state index is 0.272. The van der Waals surface area contributed by atoms with E-state index in [-0.39, 0.29) is 10.8 Å². The first-order chi connectivity index (χ1) is 31.2. The molecule has 306 valence electrons. The summed E-state index contributed by atoms with van der Waals surface area (Å²) in [7, 11) is 0. The normalized spacial score (nSPS) is 14.0. The second kappa shape index (κ2) is 14.3. The standard InChI is InChI=1S/C63H49N/c1-40-28-30-41(31-29-40)60-50-26-16-17-27-51(50)61(42-32-34-45(35-33-42)64(43-18-8-6-9-19-43)44-20-10-7-11-21-44)55-39-59-58(38-54(55)60)62(2,3)56-36-52-48-24-14-12-22-46(48)47-23-13-15-25-49(47)53(52)37-57(56)63(59,4)5/h6-39H,1-5H3. The van der Waals surface area contributed by atoms with Gasteiger partial charge in [0.2, 0.25) is 0 Å². The molecule has 0 amide bonds. The van der Waals surface area contributed by atoms with Crippen LogP contribution in [0.3, 0.4) is 0 Å². The molecule has 0 aromatic heterocycles. The van der Waals surface area contributed by atoms with Crippen LogP contribution in [0.4, 0.5) is 17.1 Å². The lowest BCUT2D eigenvalue weighted by molar-refractivity contribution is 0.523. The molecule has 0 aliphatic heterocycles. The topological polar surface area (TPSA) is 3.24 Å². The predicted molar refractivity (Wildman–Crippen MR) is 275 cm³/mol. The highest BCUT2D eigenvalue weighted by atomic mass is 15.1. The summed E-state index contributed by atoms with van der Waals surface area (Å²) >= 11 is 0. The van der Waals surface area contributed by atoms with E-state index in [2.05, 4.69) is 246 Å². The van der Waals surface area contributed by atoms with Gasteiger partial charge in [0.05, 0.1) is 0 Å². The van der Waals surface area contributed by atoms with E-state index in [1.807, 2.05) is 0 Å². The van der Waals surface area contributed by atoms with E-state index >= 15 is 0 Å². The third-order valence-corrected chi connectivity index (χ3v) is 14.5. The van der Waals surface area contributed by atoms with Crippen molar-refractivity contribution in [3.8, 4) is 22.3 Å². The Morgan fingerprint density at radius 1 is 0.281 bits per heavy atom. The molecule has 0 spiro atoms. The molecule has 1 aliphatic rings. The van der Waals surface area contributed by atoms with Gasteiger partial charge in [-0.3, -0.25) is 0 Å². The average Bonchev–Trinajstić information content (AvgIpc) is 3.33. The van der Waals surface area contributed by atoms with Crippen molar-refractivity contribution in [2.24, 2.45) is 0 Å². The summed E-state index contributed by atoms with van der Waals surface area (Å²) in [6.45, 7) is 12.0. The molecule has 12 rings (SSSR count). The molecule has 1 aliphatic carbocycles. The fraction of sp³-hybridized carbons (Fsp3) is 0.111. The van der Waals surface area contributed by atoms with Crippen LogP contribution in [0.2, 0.25) is 0 Å². The van der Waals surface area contributed by atoms with E-state index in [0.717, 1.165) is 17.1 Å². The molecule has 1 heteroatoms. The first-order valence-corrected chi connectivity index (χ1v) is 22.7. The van der Waals surface area contributed by atoms with Crippen LogP contribution < -0.4 is 4.90 Å². The molecule has 0 bridgehead atoms. The van der Waals surface area contributed by atoms with E-state index in [4.69, 9.17) is 0 Å². The van der Waals surface area contributed by atoms with Gasteiger partial charge in [0.25, 0.3) is 0 Å². The monoisotopic (exact) mass is 819 g/mol. The first-order valence-electron chi connectivity index (χ1n) is 22.7. The van der Waals surface area contributed by atoms with Crippen molar-refractivity contribution in [3.63, 3.8) is 0 Å². The van der Waals surface area contributed by atoms with Crippen LogP contribution in [-0.2, 0) is 10.8 Å². The third kappa shape index (κ3) is 5.70. The van der Waals surface area contributed by atoms with Crippen molar-refractivity contribution in [2.75, 3.05) is 4.90 Å². The van der Waals surface area contributed by atoms with Gasteiger partial charge in [-0.1, -0.05) is 179 Å². The number of anilines is 3. The Bertz CT molecular complexity index is 3590. The minimum atomic E-state index is -0.280. The van der Waals surface area contributed by atoms with Crippen molar-refractivity contribution in [1.82, 2.24) is 0 Å². The zero-order chi connectivity index (χ0) is 43.3. The Kier molecular flexibility index (Phi) is 8.52. The van der Waals surface area contributed by atoms with Crippen LogP contribution in [0.1, 0.15) is 55.5 Å². The van der Waals surface area contributed by atoms with Gasteiger partial charge in [-0.25, -0.2) is 0 Å². The molecule has 0 heterocycles. The number of rotatable bonds is 5. The van der Waals surface area contributed by atoms with Crippen molar-refractivity contribution in [3.05, 3.63) is 234 Å². The maximum absolute atomic E-state index is 2.59. The largest absolute Gasteiger partial charge is 0.311 e. The zero-order valence-electron chi connectivity index (χ0n) is 37.1. The van der Waals surface area contributed by atoms with Crippen LogP contribution in [0, 0.1) is 6.92 Å². The van der Waals surface area contributed by atoms with Crippen LogP contribution in [0.25, 0.3) is 76.1 Å². The van der Waals surface area contributed by atoms with Crippen molar-refractivity contribution >= 4 is 70.9 Å². The summed E-state index contributed by atoms with van der Waals surface area (Å²) in [5.41, 5.74) is 14.7. The fourth-order valence-electron chi connectivity index (χ4n) is 11.3. The summed E-state index contributed by atoms with van der Waals surface area (Å²) in [5.74, 6) is 0. The molecule has 0 fully saturated rings. The molecular weight excluding hydrogens is 771 g/mol. The molecule has 0 unspecified atom stereocenters. The Morgan fingerprint density at radius 2 is 0.578 bits per heavy atom. The molecular formula is C63H49N. The van der Waals surface area contributed by atoms with Crippen LogP contribution in [-0.4, -0.2) is 0 Å². The summed E-state index contributed by atoms with van der Waals surface area (Å²) in [4.78, 5) is 2.34. The van der Waals surface area contributed by atoms with Gasteiger partial charge in [-0.15, -0.1) is 0 Å². The van der Waals surface area contributed by atoms with Crippen molar-refractivity contribution in [1.29, 1.82) is 0 Å². The highest BCUT2D eigenvalue weighted by Crippen LogP contribution is 2.55. The van der Waals surface area contributed by atoms with Gasteiger partial charge in [0, 0.05) is 27.9 Å². The van der Waals surface area contributed by atoms with Crippen LogP contribution >= 0.6 is 0 Å². The first kappa shape index (κ1) is 38.2. The lowest BCUT2D eigenvalue weighted by Gasteiger charge is -2.44. The maximum Gasteiger partial charge on any atom is 0.0462 e. The van der Waals surface area contributed by atoms with Gasteiger partial charge in [-0.2, -0.15) is 0 Å². The van der Waals surface area contributed by atoms with Crippen molar-refractivity contribution < 1.29 is 0 Å². The quantitative estimate of drug-likeness (QED) is 0.123. The lowest BCUT2D eigenvalue weighted by atomic mass is 9.59. The number of aryl methyl sites for hydroxylation is 1. The second-order valence-corrected chi connectivity index (χ2v) is 18.9. The molecule has 1 nitrogen and oxygen atoms in total. The van der Waals surface area contributed by atoms with Gasteiger partial charge in [0.1, 0.15) is 0 Å². The molecule has 0 radical (unpaired) electrons. The Balaban J connectivity index is 1.14. The molecule has 0 saturated heterocycles. The Morgan fingerprint density at radius 3 is 0.969 bits per heavy atom. The SMILES string of the molecule is Cc1ccc(-c2c3ccccc3c(-c3ccc(N(c4ccccc4)c4ccccc4)cc3)c3cc4c(cc23)C(C)(C)c2cc3c5ccccc5c5ccccc5c3cc2C4(C)C)cc1. The van der Waals surface area contributed by atoms with E-state index in [0.29, 0.717) is 0 Å². The highest BCUT2D eigenvalue weighted by Gasteiger charge is 2.43. The number of benzene rings is 11. The number of para-hydroxylation sites is 2. The van der Waals surface area contributed by atoms with Crippen molar-refractivity contribution in [2.45, 2.75) is 45.4 Å². The van der Waals surface area contributed by atoms with E-state index in [9.17, 15) is 0 Å². The van der Waals surface area contributed by atoms with Gasteiger partial charge in [-0.05, 0) is 166 Å². The fourth-order valence-corrected chi connectivity index (χ4v) is 11.3. The minimum Gasteiger partial charge on any atom is -0.311 e. The molecule has 0 saturated carbocycles. The lowest BCUT2D eigenvalue weighted by Crippen LogP contribution is -2.36. The van der Waals surface area contributed by atoms with E-state index in [1.165, 1.54) is 104 Å². The molecule has 64 heavy (non-hydrogen) atoms. The highest BCUT2D eigenvalue weighted by molar-refractivity contribution is 6.26. The Hall–Kier alpha value is -7.48. The van der Waals surface area contributed by atoms with Crippen LogP contribution in [0.5, 0.6) is 0 Å². The maximum atomic E-state index is 2.59. The summed E-state index contributed by atoms with van der Waals surface area (Å²) < 4.78 is 0. The average molecular weight is 820 g/mol. The van der Waals surface area contributed by atoms with Crippen LogP contribution in [0.15, 0.2) is 206 Å².